The van der Waals surface area contributed by atoms with E-state index in [1.54, 1.807) is 0 Å². The van der Waals surface area contributed by atoms with E-state index in [9.17, 15) is 0 Å². The van der Waals surface area contributed by atoms with E-state index in [1.165, 1.54) is 0 Å². The summed E-state index contributed by atoms with van der Waals surface area (Å²) in [7, 11) is 0. The van der Waals surface area contributed by atoms with Gasteiger partial charge >= 0.3 is 0 Å². The highest BCUT2D eigenvalue weighted by atomic mass is 35.5. The minimum atomic E-state index is -0.344. The number of fused-ring (bicyclic) bond motifs is 2. The van der Waals surface area contributed by atoms with Crippen molar-refractivity contribution >= 4 is 70.2 Å². The van der Waals surface area contributed by atoms with Gasteiger partial charge in [-0.05, 0) is 82.9 Å². The molecule has 50 heavy (non-hydrogen) atoms. The molecule has 0 saturated carbocycles. The summed E-state index contributed by atoms with van der Waals surface area (Å²) < 4.78 is 0. The number of rotatable bonds is 4. The second-order valence-electron chi connectivity index (χ2n) is 12.1. The van der Waals surface area contributed by atoms with Crippen molar-refractivity contribution in [3.8, 4) is 0 Å². The Hall–Kier alpha value is -4.58. The fourth-order valence-corrected chi connectivity index (χ4v) is 6.72. The number of hydrogen-bond donors (Lipinski definition) is 2. The van der Waals surface area contributed by atoms with Gasteiger partial charge in [-0.15, -0.1) is 0 Å². The average molecular weight is 735 g/mol. The Bertz CT molecular complexity index is 1960. The highest BCUT2D eigenvalue weighted by Crippen LogP contribution is 2.40. The molecule has 0 radical (unpaired) electrons. The van der Waals surface area contributed by atoms with Gasteiger partial charge in [0.15, 0.2) is 0 Å². The van der Waals surface area contributed by atoms with Gasteiger partial charge in [-0.2, -0.15) is 0 Å². The van der Waals surface area contributed by atoms with Crippen LogP contribution in [0.4, 0.5) is 11.4 Å². The van der Waals surface area contributed by atoms with Crippen LogP contribution in [0.15, 0.2) is 156 Å². The SMILES string of the molecule is Clc1ccc([C@H]2N=Cc3ccccc3N[C@H](c3ccc(Cl)cc3)[C@@H](c3ccc(Cl)cc3)N=Cc3ccccc3N[C@@H]2c2ccc(Cl)cc2)cc1. The summed E-state index contributed by atoms with van der Waals surface area (Å²) in [6, 6.07) is 46.6. The Kier molecular flexibility index (Phi) is 10.5. The fourth-order valence-electron chi connectivity index (χ4n) is 6.22. The summed E-state index contributed by atoms with van der Waals surface area (Å²) in [5.74, 6) is 0. The van der Waals surface area contributed by atoms with Crippen LogP contribution in [0.3, 0.4) is 0 Å². The van der Waals surface area contributed by atoms with E-state index < -0.39 is 0 Å². The monoisotopic (exact) mass is 732 g/mol. The molecule has 6 aromatic rings. The maximum Gasteiger partial charge on any atom is 0.0992 e. The first-order chi connectivity index (χ1) is 24.4. The number of benzene rings is 6. The van der Waals surface area contributed by atoms with Gasteiger partial charge in [0, 0.05) is 55.0 Å². The predicted molar refractivity (Wildman–Crippen MR) is 212 cm³/mol. The summed E-state index contributed by atoms with van der Waals surface area (Å²) >= 11 is 25.5. The van der Waals surface area contributed by atoms with Crippen molar-refractivity contribution in [3.05, 3.63) is 199 Å². The lowest BCUT2D eigenvalue weighted by Gasteiger charge is -2.30. The van der Waals surface area contributed by atoms with Crippen LogP contribution in [0.1, 0.15) is 57.5 Å². The van der Waals surface area contributed by atoms with Crippen LogP contribution < -0.4 is 10.6 Å². The third kappa shape index (κ3) is 7.90. The number of hydrogen-bond acceptors (Lipinski definition) is 4. The Morgan fingerprint density at radius 3 is 1.00 bits per heavy atom. The van der Waals surface area contributed by atoms with Gasteiger partial charge in [0.25, 0.3) is 0 Å². The van der Waals surface area contributed by atoms with E-state index >= 15 is 0 Å². The minimum Gasteiger partial charge on any atom is -0.375 e. The fraction of sp³-hybridized carbons (Fsp3) is 0.0952. The Morgan fingerprint density at radius 2 is 0.660 bits per heavy atom. The van der Waals surface area contributed by atoms with Gasteiger partial charge in [0.05, 0.1) is 24.2 Å². The van der Waals surface area contributed by atoms with Crippen LogP contribution >= 0.6 is 46.4 Å². The Balaban J connectivity index is 1.45. The number of halogens is 4. The lowest BCUT2D eigenvalue weighted by Crippen LogP contribution is -2.21. The van der Waals surface area contributed by atoms with Gasteiger partial charge in [0.1, 0.15) is 0 Å². The molecule has 4 nitrogen and oxygen atoms in total. The smallest absolute Gasteiger partial charge is 0.0992 e. The molecule has 0 bridgehead atoms. The summed E-state index contributed by atoms with van der Waals surface area (Å²) in [4.78, 5) is 10.7. The van der Waals surface area contributed by atoms with E-state index in [4.69, 9.17) is 56.4 Å². The molecule has 2 N–H and O–H groups in total. The van der Waals surface area contributed by atoms with E-state index in [0.717, 1.165) is 44.8 Å². The van der Waals surface area contributed by atoms with Crippen molar-refractivity contribution in [2.45, 2.75) is 24.2 Å². The molecule has 0 aliphatic carbocycles. The molecule has 0 spiro atoms. The molecule has 7 rings (SSSR count). The maximum atomic E-state index is 6.37. The van der Waals surface area contributed by atoms with Gasteiger partial charge < -0.3 is 10.6 Å². The zero-order valence-corrected chi connectivity index (χ0v) is 29.8. The van der Waals surface area contributed by atoms with Crippen LogP contribution in [-0.4, -0.2) is 12.4 Å². The Morgan fingerprint density at radius 1 is 0.360 bits per heavy atom. The summed E-state index contributed by atoms with van der Waals surface area (Å²) in [5, 5.41) is 10.4. The summed E-state index contributed by atoms with van der Waals surface area (Å²) in [6.45, 7) is 0. The molecule has 0 saturated heterocycles. The van der Waals surface area contributed by atoms with Crippen molar-refractivity contribution in [2.75, 3.05) is 10.6 Å². The van der Waals surface area contributed by atoms with Gasteiger partial charge in [-0.25, -0.2) is 0 Å². The van der Waals surface area contributed by atoms with Crippen LogP contribution in [0, 0.1) is 0 Å². The van der Waals surface area contributed by atoms with Crippen molar-refractivity contribution < 1.29 is 0 Å². The standard InChI is InChI=1S/C42H32Cl4N4/c43-33-17-9-27(10-18-33)39-42(30-15-23-36(46)24-16-30)50-38-8-4-2-6-32(38)26-48-40(28-11-19-34(44)20-12-28)41(29-13-21-35(45)22-14-29)49-37-7-3-1-5-31(37)25-47-39/h1-26,39-42,49-50H/t39-,40-,41-,42-/m1/s1. The molecule has 6 aromatic carbocycles. The highest BCUT2D eigenvalue weighted by Gasteiger charge is 2.28. The quantitative estimate of drug-likeness (QED) is 0.189. The zero-order chi connectivity index (χ0) is 34.5. The van der Waals surface area contributed by atoms with Crippen molar-refractivity contribution in [1.82, 2.24) is 0 Å². The lowest BCUT2D eigenvalue weighted by atomic mass is 9.92. The lowest BCUT2D eigenvalue weighted by molar-refractivity contribution is 0.611. The van der Waals surface area contributed by atoms with Crippen LogP contribution in [0.5, 0.6) is 0 Å². The molecule has 1 heterocycles. The molecule has 0 aromatic heterocycles. The first-order valence-corrected chi connectivity index (χ1v) is 17.7. The third-order valence-corrected chi connectivity index (χ3v) is 9.81. The minimum absolute atomic E-state index is 0.281. The van der Waals surface area contributed by atoms with E-state index in [2.05, 4.69) is 34.9 Å². The van der Waals surface area contributed by atoms with Crippen molar-refractivity contribution in [1.29, 1.82) is 0 Å². The highest BCUT2D eigenvalue weighted by molar-refractivity contribution is 6.31. The Labute approximate surface area is 312 Å². The molecule has 0 unspecified atom stereocenters. The van der Waals surface area contributed by atoms with Gasteiger partial charge in [-0.1, -0.05) is 131 Å². The molecule has 1 aliphatic rings. The van der Waals surface area contributed by atoms with Crippen molar-refractivity contribution in [3.63, 3.8) is 0 Å². The van der Waals surface area contributed by atoms with Crippen LogP contribution in [-0.2, 0) is 0 Å². The summed E-state index contributed by atoms with van der Waals surface area (Å²) in [6.07, 6.45) is 3.90. The van der Waals surface area contributed by atoms with Crippen LogP contribution in [0.2, 0.25) is 20.1 Å². The number of aliphatic imine (C=N–C) groups is 2. The second-order valence-corrected chi connectivity index (χ2v) is 13.8. The molecule has 0 fully saturated rings. The topological polar surface area (TPSA) is 48.8 Å². The molecular formula is C42H32Cl4N4. The molecule has 248 valence electrons. The molecule has 1 aliphatic heterocycles. The molecule has 0 amide bonds. The maximum absolute atomic E-state index is 6.37. The first kappa shape index (κ1) is 33.9. The molecular weight excluding hydrogens is 702 g/mol. The van der Waals surface area contributed by atoms with E-state index in [-0.39, 0.29) is 24.2 Å². The van der Waals surface area contributed by atoms with E-state index in [0.29, 0.717) is 20.1 Å². The second kappa shape index (κ2) is 15.5. The third-order valence-electron chi connectivity index (χ3n) is 8.80. The zero-order valence-electron chi connectivity index (χ0n) is 26.7. The molecule has 8 heteroatoms. The number of para-hydroxylation sites is 2. The van der Waals surface area contributed by atoms with Crippen LogP contribution in [0.25, 0.3) is 0 Å². The largest absolute Gasteiger partial charge is 0.375 e. The van der Waals surface area contributed by atoms with Gasteiger partial charge in [0.2, 0.25) is 0 Å². The van der Waals surface area contributed by atoms with E-state index in [1.807, 2.05) is 134 Å². The normalized spacial score (nSPS) is 19.0. The summed E-state index contributed by atoms with van der Waals surface area (Å²) in [5.41, 5.74) is 7.74. The average Bonchev–Trinajstić information content (AvgIpc) is 3.13. The van der Waals surface area contributed by atoms with Crippen molar-refractivity contribution in [2.24, 2.45) is 9.98 Å². The number of nitrogens with one attached hydrogen (secondary N) is 2. The number of nitrogens with zero attached hydrogens (tertiary/aromatic N) is 2. The molecule has 4 atom stereocenters. The first-order valence-electron chi connectivity index (χ1n) is 16.2. The van der Waals surface area contributed by atoms with Gasteiger partial charge in [-0.3, -0.25) is 9.98 Å². The number of anilines is 2. The predicted octanol–water partition coefficient (Wildman–Crippen LogP) is 12.6.